The molecule has 2 aromatic heterocycles. The van der Waals surface area contributed by atoms with E-state index < -0.39 is 35.8 Å². The molecule has 0 fully saturated rings. The van der Waals surface area contributed by atoms with Crippen LogP contribution in [0.5, 0.6) is 0 Å². The highest BCUT2D eigenvalue weighted by molar-refractivity contribution is 8.76. The molecule has 248 valence electrons. The molecule has 2 atom stereocenters. The lowest BCUT2D eigenvalue weighted by Crippen LogP contribution is -2.45. The molecule has 0 aliphatic heterocycles. The first kappa shape index (κ1) is 36.8. The molecule has 0 bridgehead atoms. The zero-order chi connectivity index (χ0) is 34.7. The highest BCUT2D eigenvalue weighted by atomic mass is 33.1. The number of rotatable bonds is 11. The number of fused-ring (bicyclic) bond motifs is 2. The van der Waals surface area contributed by atoms with Gasteiger partial charge in [-0.2, -0.15) is 0 Å². The standard InChI is InChI=1S/C32H34N4O6S2.CH2O2/c1-17(2)25(31(39)41-5)35-29(37)21-13-19-9-7-11-23(27(19)33-15-21)43-44-24-12-8-10-20-14-22(16-34-28(20)24)30(38)36-26(18(3)4)32(40)42-6;2-1-3/h7-18,25-26H,1-6H3,(H,35,37)(H,36,38);1H,(H,2,3)/t25-,26-;/m0./s1. The number of nitrogens with zero attached hydrogens (tertiary/aromatic N) is 2. The number of esters is 2. The third kappa shape index (κ3) is 9.42. The minimum Gasteiger partial charge on any atom is -0.483 e. The van der Waals surface area contributed by atoms with Gasteiger partial charge in [-0.1, -0.05) is 73.5 Å². The number of para-hydroxylation sites is 2. The molecule has 0 aliphatic rings. The highest BCUT2D eigenvalue weighted by Crippen LogP contribution is 2.42. The molecule has 0 saturated carbocycles. The Balaban J connectivity index is 0.00000192. The second kappa shape index (κ2) is 17.3. The lowest BCUT2D eigenvalue weighted by molar-refractivity contribution is -0.144. The van der Waals surface area contributed by atoms with E-state index in [0.717, 1.165) is 31.6 Å². The monoisotopic (exact) mass is 680 g/mol. The number of hydrogen-bond acceptors (Lipinski definition) is 11. The van der Waals surface area contributed by atoms with Crippen molar-refractivity contribution < 1.29 is 38.6 Å². The summed E-state index contributed by atoms with van der Waals surface area (Å²) in [5.74, 6) is -2.10. The van der Waals surface area contributed by atoms with E-state index >= 15 is 0 Å². The number of aromatic nitrogens is 2. The average Bonchev–Trinajstić information content (AvgIpc) is 3.07. The number of nitrogens with one attached hydrogen (secondary N) is 2. The molecular formula is C33H36N4O8S2. The third-order valence-electron chi connectivity index (χ3n) is 6.91. The first-order valence-electron chi connectivity index (χ1n) is 14.4. The van der Waals surface area contributed by atoms with Crippen molar-refractivity contribution in [2.75, 3.05) is 14.2 Å². The predicted octanol–water partition coefficient (Wildman–Crippen LogP) is 5.14. The van der Waals surface area contributed by atoms with Crippen LogP contribution in [0.2, 0.25) is 0 Å². The molecule has 0 unspecified atom stereocenters. The normalized spacial score (nSPS) is 12.1. The summed E-state index contributed by atoms with van der Waals surface area (Å²) >= 11 is 0. The first-order chi connectivity index (χ1) is 22.4. The van der Waals surface area contributed by atoms with E-state index in [1.165, 1.54) is 48.2 Å². The fourth-order valence-corrected chi connectivity index (χ4v) is 6.73. The number of ether oxygens (including phenoxy) is 2. The molecule has 4 rings (SSSR count). The molecule has 47 heavy (non-hydrogen) atoms. The molecular weight excluding hydrogens is 645 g/mol. The summed E-state index contributed by atoms with van der Waals surface area (Å²) in [6, 6.07) is 13.4. The summed E-state index contributed by atoms with van der Waals surface area (Å²) in [6.07, 6.45) is 2.99. The lowest BCUT2D eigenvalue weighted by Gasteiger charge is -2.19. The number of methoxy groups -OCH3 is 2. The van der Waals surface area contributed by atoms with E-state index in [-0.39, 0.29) is 18.3 Å². The largest absolute Gasteiger partial charge is 0.483 e. The molecule has 14 heteroatoms. The summed E-state index contributed by atoms with van der Waals surface area (Å²) in [5.41, 5.74) is 2.14. The fraction of sp³-hybridized carbons (Fsp3) is 0.303. The van der Waals surface area contributed by atoms with Gasteiger partial charge >= 0.3 is 11.9 Å². The van der Waals surface area contributed by atoms with E-state index in [2.05, 4.69) is 20.6 Å². The van der Waals surface area contributed by atoms with E-state index in [1.807, 2.05) is 64.1 Å². The molecule has 0 radical (unpaired) electrons. The second-order valence-corrected chi connectivity index (χ2v) is 13.0. The van der Waals surface area contributed by atoms with Gasteiger partial charge in [0.2, 0.25) is 0 Å². The van der Waals surface area contributed by atoms with E-state index in [0.29, 0.717) is 11.1 Å². The Labute approximate surface area is 279 Å². The predicted molar refractivity (Wildman–Crippen MR) is 180 cm³/mol. The highest BCUT2D eigenvalue weighted by Gasteiger charge is 2.27. The van der Waals surface area contributed by atoms with Crippen molar-refractivity contribution in [3.63, 3.8) is 0 Å². The summed E-state index contributed by atoms with van der Waals surface area (Å²) in [6.45, 7) is 7.08. The van der Waals surface area contributed by atoms with Gasteiger partial charge in [0.25, 0.3) is 18.3 Å². The van der Waals surface area contributed by atoms with Crippen LogP contribution in [-0.2, 0) is 23.9 Å². The van der Waals surface area contributed by atoms with Crippen LogP contribution in [0.3, 0.4) is 0 Å². The number of benzene rings is 2. The van der Waals surface area contributed by atoms with Gasteiger partial charge in [-0.25, -0.2) is 9.59 Å². The number of carboxylic acid groups (broad SMARTS) is 1. The van der Waals surface area contributed by atoms with Crippen LogP contribution in [0.25, 0.3) is 21.8 Å². The van der Waals surface area contributed by atoms with Crippen molar-refractivity contribution >= 4 is 73.6 Å². The van der Waals surface area contributed by atoms with Gasteiger partial charge < -0.3 is 25.2 Å². The van der Waals surface area contributed by atoms with Crippen molar-refractivity contribution in [2.24, 2.45) is 11.8 Å². The molecule has 2 amide bonds. The van der Waals surface area contributed by atoms with Gasteiger partial charge in [-0.3, -0.25) is 24.4 Å². The van der Waals surface area contributed by atoms with Crippen LogP contribution >= 0.6 is 21.6 Å². The van der Waals surface area contributed by atoms with Crippen molar-refractivity contribution in [2.45, 2.75) is 49.6 Å². The van der Waals surface area contributed by atoms with Crippen molar-refractivity contribution in [1.29, 1.82) is 0 Å². The van der Waals surface area contributed by atoms with Gasteiger partial charge in [-0.15, -0.1) is 0 Å². The number of pyridine rings is 2. The van der Waals surface area contributed by atoms with Crippen molar-refractivity contribution in [1.82, 2.24) is 20.6 Å². The number of hydrogen-bond donors (Lipinski definition) is 3. The van der Waals surface area contributed by atoms with Gasteiger partial charge in [0.15, 0.2) is 0 Å². The van der Waals surface area contributed by atoms with Crippen molar-refractivity contribution in [3.05, 3.63) is 72.1 Å². The summed E-state index contributed by atoms with van der Waals surface area (Å²) < 4.78 is 9.65. The maximum Gasteiger partial charge on any atom is 0.328 e. The maximum absolute atomic E-state index is 12.9. The molecule has 2 heterocycles. The molecule has 3 N–H and O–H groups in total. The van der Waals surface area contributed by atoms with Gasteiger partial charge in [0.1, 0.15) is 12.1 Å². The Bertz CT molecular complexity index is 1640. The van der Waals surface area contributed by atoms with Gasteiger partial charge in [0.05, 0.1) is 36.4 Å². The van der Waals surface area contributed by atoms with Gasteiger partial charge in [0, 0.05) is 33.0 Å². The molecule has 2 aromatic carbocycles. The molecule has 0 aliphatic carbocycles. The topological polar surface area (TPSA) is 174 Å². The summed E-state index contributed by atoms with van der Waals surface area (Å²) in [5, 5.41) is 13.9. The summed E-state index contributed by atoms with van der Waals surface area (Å²) in [4.78, 5) is 69.3. The number of carbonyl (C=O) groups excluding carboxylic acids is 4. The van der Waals surface area contributed by atoms with Crippen LogP contribution in [0.15, 0.2) is 70.7 Å². The molecule has 4 aromatic rings. The van der Waals surface area contributed by atoms with Crippen LogP contribution in [-0.4, -0.2) is 71.6 Å². The molecule has 0 saturated heterocycles. The Morgan fingerprint density at radius 1 is 0.723 bits per heavy atom. The van der Waals surface area contributed by atoms with E-state index in [9.17, 15) is 19.2 Å². The van der Waals surface area contributed by atoms with Crippen LogP contribution in [0.4, 0.5) is 0 Å². The van der Waals surface area contributed by atoms with Crippen LogP contribution in [0.1, 0.15) is 48.4 Å². The number of carbonyl (C=O) groups is 5. The SMILES string of the molecule is COC(=O)[C@@H](NC(=O)c1cnc2c(SSc3cccc4cc(C(=O)N[C@H](C(=O)OC)C(C)C)cnc34)cccc2c1)C(C)C.O=CO. The quantitative estimate of drug-likeness (QED) is 0.108. The average molecular weight is 681 g/mol. The Kier molecular flexibility index (Phi) is 13.5. The molecule has 0 spiro atoms. The zero-order valence-electron chi connectivity index (χ0n) is 26.7. The third-order valence-corrected chi connectivity index (χ3v) is 9.34. The Morgan fingerprint density at radius 3 is 1.40 bits per heavy atom. The van der Waals surface area contributed by atoms with Crippen molar-refractivity contribution in [3.8, 4) is 0 Å². The molecule has 12 nitrogen and oxygen atoms in total. The first-order valence-corrected chi connectivity index (χ1v) is 16.6. The lowest BCUT2D eigenvalue weighted by atomic mass is 10.0. The van der Waals surface area contributed by atoms with Gasteiger partial charge in [-0.05, 0) is 36.1 Å². The van der Waals surface area contributed by atoms with Crippen LogP contribution in [0, 0.1) is 11.8 Å². The number of amides is 2. The Hall–Kier alpha value is -4.69. The smallest absolute Gasteiger partial charge is 0.328 e. The minimum atomic E-state index is -0.766. The van der Waals surface area contributed by atoms with Crippen LogP contribution < -0.4 is 10.6 Å². The fourth-order valence-electron chi connectivity index (χ4n) is 4.44. The van der Waals surface area contributed by atoms with E-state index in [4.69, 9.17) is 19.4 Å². The second-order valence-electron chi connectivity index (χ2n) is 10.8. The minimum absolute atomic E-state index is 0.143. The van der Waals surface area contributed by atoms with E-state index in [1.54, 1.807) is 12.1 Å². The maximum atomic E-state index is 12.9. The summed E-state index contributed by atoms with van der Waals surface area (Å²) in [7, 11) is 5.59. The zero-order valence-corrected chi connectivity index (χ0v) is 28.3. The Morgan fingerprint density at radius 2 is 1.09 bits per heavy atom.